The molecule has 2 unspecified atom stereocenters. The number of hydrogen-bond donors (Lipinski definition) is 2. The molecular formula is C16H17ClFNO2. The van der Waals surface area contributed by atoms with Crippen LogP contribution in [0.5, 0.6) is 5.75 Å². The number of aliphatic hydroxyl groups is 1. The Morgan fingerprint density at radius 2 is 1.90 bits per heavy atom. The van der Waals surface area contributed by atoms with E-state index in [0.29, 0.717) is 16.3 Å². The van der Waals surface area contributed by atoms with Crippen LogP contribution in [0.15, 0.2) is 42.5 Å². The first kappa shape index (κ1) is 15.8. The van der Waals surface area contributed by atoms with Crippen LogP contribution in [0.3, 0.4) is 0 Å². The second kappa shape index (κ2) is 6.89. The largest absolute Gasteiger partial charge is 0.496 e. The fraction of sp³-hybridized carbons (Fsp3) is 0.250. The van der Waals surface area contributed by atoms with E-state index in [1.165, 1.54) is 19.2 Å². The molecule has 0 aromatic heterocycles. The summed E-state index contributed by atoms with van der Waals surface area (Å²) < 4.78 is 18.3. The van der Waals surface area contributed by atoms with E-state index in [-0.39, 0.29) is 18.3 Å². The van der Waals surface area contributed by atoms with Gasteiger partial charge in [-0.05, 0) is 35.9 Å². The van der Waals surface area contributed by atoms with E-state index in [2.05, 4.69) is 0 Å². The molecule has 21 heavy (non-hydrogen) atoms. The highest BCUT2D eigenvalue weighted by Gasteiger charge is 2.24. The second-order valence-corrected chi connectivity index (χ2v) is 5.16. The van der Waals surface area contributed by atoms with Gasteiger partial charge in [0.2, 0.25) is 0 Å². The molecule has 0 bridgehead atoms. The van der Waals surface area contributed by atoms with Gasteiger partial charge in [0.1, 0.15) is 11.6 Å². The Morgan fingerprint density at radius 1 is 1.24 bits per heavy atom. The van der Waals surface area contributed by atoms with Crippen molar-refractivity contribution in [3.05, 3.63) is 64.4 Å². The number of aliphatic hydroxyl groups excluding tert-OH is 1. The van der Waals surface area contributed by atoms with Crippen LogP contribution in [-0.2, 0) is 0 Å². The lowest BCUT2D eigenvalue weighted by atomic mass is 9.89. The predicted octanol–water partition coefficient (Wildman–Crippen LogP) is 3.26. The molecule has 0 radical (unpaired) electrons. The minimum absolute atomic E-state index is 0.211. The molecule has 0 aliphatic rings. The van der Waals surface area contributed by atoms with E-state index in [9.17, 15) is 9.50 Å². The highest BCUT2D eigenvalue weighted by molar-refractivity contribution is 6.30. The number of ether oxygens (including phenoxy) is 1. The van der Waals surface area contributed by atoms with Gasteiger partial charge in [-0.1, -0.05) is 23.7 Å². The van der Waals surface area contributed by atoms with Gasteiger partial charge in [-0.2, -0.15) is 0 Å². The van der Waals surface area contributed by atoms with Crippen LogP contribution in [0.1, 0.15) is 23.1 Å². The highest BCUT2D eigenvalue weighted by atomic mass is 35.5. The van der Waals surface area contributed by atoms with Crippen molar-refractivity contribution in [1.82, 2.24) is 0 Å². The Labute approximate surface area is 128 Å². The van der Waals surface area contributed by atoms with Crippen molar-refractivity contribution in [3.8, 4) is 5.75 Å². The number of methoxy groups -OCH3 is 1. The van der Waals surface area contributed by atoms with Crippen molar-refractivity contribution in [3.63, 3.8) is 0 Å². The molecule has 2 atom stereocenters. The zero-order chi connectivity index (χ0) is 15.4. The molecule has 0 fully saturated rings. The molecular weight excluding hydrogens is 293 g/mol. The lowest BCUT2D eigenvalue weighted by Gasteiger charge is -2.24. The molecule has 0 amide bonds. The summed E-state index contributed by atoms with van der Waals surface area (Å²) in [5.74, 6) is -0.172. The predicted molar refractivity (Wildman–Crippen MR) is 81.2 cm³/mol. The SMILES string of the molecule is COc1ccc(Cl)cc1C(O)C(CN)c1ccc(F)cc1. The minimum atomic E-state index is -0.894. The standard InChI is InChI=1S/C16H17ClFNO2/c1-21-15-7-4-11(17)8-13(15)16(20)14(9-19)10-2-5-12(18)6-3-10/h2-8,14,16,20H,9,19H2,1H3. The molecule has 0 aliphatic heterocycles. The molecule has 3 N–H and O–H groups in total. The lowest BCUT2D eigenvalue weighted by molar-refractivity contribution is 0.143. The van der Waals surface area contributed by atoms with Crippen molar-refractivity contribution in [1.29, 1.82) is 0 Å². The van der Waals surface area contributed by atoms with Gasteiger partial charge in [-0.3, -0.25) is 0 Å². The van der Waals surface area contributed by atoms with Crippen LogP contribution in [0.4, 0.5) is 4.39 Å². The molecule has 0 saturated carbocycles. The average Bonchev–Trinajstić information content (AvgIpc) is 2.49. The Bertz CT molecular complexity index is 604. The molecule has 0 heterocycles. The molecule has 2 aromatic rings. The first-order valence-corrected chi connectivity index (χ1v) is 6.91. The molecule has 0 saturated heterocycles. The number of nitrogens with two attached hydrogens (primary N) is 1. The van der Waals surface area contributed by atoms with Crippen LogP contribution in [0.2, 0.25) is 5.02 Å². The quantitative estimate of drug-likeness (QED) is 0.891. The average molecular weight is 310 g/mol. The first-order valence-electron chi connectivity index (χ1n) is 6.54. The van der Waals surface area contributed by atoms with Crippen molar-refractivity contribution in [2.75, 3.05) is 13.7 Å². The summed E-state index contributed by atoms with van der Waals surface area (Å²) in [6.45, 7) is 0.211. The van der Waals surface area contributed by atoms with Gasteiger partial charge in [-0.15, -0.1) is 0 Å². The maximum Gasteiger partial charge on any atom is 0.124 e. The van der Waals surface area contributed by atoms with Crippen LogP contribution < -0.4 is 10.5 Å². The van der Waals surface area contributed by atoms with Gasteiger partial charge in [0.15, 0.2) is 0 Å². The maximum absolute atomic E-state index is 13.0. The Morgan fingerprint density at radius 3 is 2.48 bits per heavy atom. The van der Waals surface area contributed by atoms with Crippen molar-refractivity contribution >= 4 is 11.6 Å². The fourth-order valence-electron chi connectivity index (χ4n) is 2.31. The van der Waals surface area contributed by atoms with Crippen LogP contribution in [0, 0.1) is 5.82 Å². The normalized spacial score (nSPS) is 13.8. The van der Waals surface area contributed by atoms with Gasteiger partial charge in [-0.25, -0.2) is 4.39 Å². The van der Waals surface area contributed by atoms with E-state index < -0.39 is 6.10 Å². The second-order valence-electron chi connectivity index (χ2n) is 4.72. The Hall–Kier alpha value is -1.62. The van der Waals surface area contributed by atoms with Gasteiger partial charge in [0.25, 0.3) is 0 Å². The minimum Gasteiger partial charge on any atom is -0.496 e. The fourth-order valence-corrected chi connectivity index (χ4v) is 2.49. The number of rotatable bonds is 5. The molecule has 2 rings (SSSR count). The Balaban J connectivity index is 2.38. The van der Waals surface area contributed by atoms with E-state index >= 15 is 0 Å². The first-order chi connectivity index (χ1) is 10.1. The number of hydrogen-bond acceptors (Lipinski definition) is 3. The summed E-state index contributed by atoms with van der Waals surface area (Å²) in [6.07, 6.45) is -0.894. The summed E-state index contributed by atoms with van der Waals surface area (Å²) in [7, 11) is 1.52. The zero-order valence-corrected chi connectivity index (χ0v) is 12.3. The number of benzene rings is 2. The van der Waals surface area contributed by atoms with Crippen molar-refractivity contribution < 1.29 is 14.2 Å². The molecule has 3 nitrogen and oxygen atoms in total. The van der Waals surface area contributed by atoms with Gasteiger partial charge in [0.05, 0.1) is 13.2 Å². The third kappa shape index (κ3) is 3.53. The molecule has 2 aromatic carbocycles. The molecule has 0 aliphatic carbocycles. The molecule has 5 heteroatoms. The lowest BCUT2D eigenvalue weighted by Crippen LogP contribution is -2.20. The van der Waals surface area contributed by atoms with Gasteiger partial charge in [0, 0.05) is 23.0 Å². The summed E-state index contributed by atoms with van der Waals surface area (Å²) in [5, 5.41) is 11.1. The van der Waals surface area contributed by atoms with Crippen LogP contribution in [-0.4, -0.2) is 18.8 Å². The molecule has 0 spiro atoms. The summed E-state index contributed by atoms with van der Waals surface area (Å²) in [4.78, 5) is 0. The van der Waals surface area contributed by atoms with Gasteiger partial charge < -0.3 is 15.6 Å². The highest BCUT2D eigenvalue weighted by Crippen LogP contribution is 2.36. The maximum atomic E-state index is 13.0. The molecule has 112 valence electrons. The van der Waals surface area contributed by atoms with E-state index in [4.69, 9.17) is 22.1 Å². The smallest absolute Gasteiger partial charge is 0.124 e. The summed E-state index contributed by atoms with van der Waals surface area (Å²) >= 11 is 5.99. The summed E-state index contributed by atoms with van der Waals surface area (Å²) in [5.41, 5.74) is 7.10. The topological polar surface area (TPSA) is 55.5 Å². The number of halogens is 2. The van der Waals surface area contributed by atoms with E-state index in [0.717, 1.165) is 5.56 Å². The summed E-state index contributed by atoms with van der Waals surface area (Å²) in [6, 6.07) is 11.0. The van der Waals surface area contributed by atoms with Crippen LogP contribution in [0.25, 0.3) is 0 Å². The van der Waals surface area contributed by atoms with Crippen LogP contribution >= 0.6 is 11.6 Å². The van der Waals surface area contributed by atoms with Crippen molar-refractivity contribution in [2.24, 2.45) is 5.73 Å². The van der Waals surface area contributed by atoms with Gasteiger partial charge >= 0.3 is 0 Å². The zero-order valence-electron chi connectivity index (χ0n) is 11.6. The van der Waals surface area contributed by atoms with E-state index in [1.807, 2.05) is 0 Å². The van der Waals surface area contributed by atoms with E-state index in [1.54, 1.807) is 30.3 Å². The van der Waals surface area contributed by atoms with Crippen molar-refractivity contribution in [2.45, 2.75) is 12.0 Å². The third-order valence-electron chi connectivity index (χ3n) is 3.44. The third-order valence-corrected chi connectivity index (χ3v) is 3.68. The monoisotopic (exact) mass is 309 g/mol. The Kier molecular flexibility index (Phi) is 5.17.